The number of hydrogen-bond acceptors (Lipinski definition) is 4. The van der Waals surface area contributed by atoms with E-state index in [1.807, 2.05) is 0 Å². The van der Waals surface area contributed by atoms with E-state index in [1.165, 1.54) is 18.2 Å². The van der Waals surface area contributed by atoms with Crippen molar-refractivity contribution in [2.45, 2.75) is 44.6 Å². The molecule has 0 aromatic carbocycles. The van der Waals surface area contributed by atoms with Gasteiger partial charge in [0.05, 0.1) is 6.04 Å². The standard InChI is InChI=1S/C11H17NO2S.CH2O3/c13-10(8-4-2-1-3-5-8)12-9-6-7-15-11(9)14;2-1(3)4/h8-9H,1-7H2,(H,12,13);(H2,2,3,4). The fraction of sp³-hybridized carbons (Fsp3) is 0.750. The normalized spacial score (nSPS) is 23.4. The average Bonchev–Trinajstić information content (AvgIpc) is 2.75. The molecule has 2 fully saturated rings. The van der Waals surface area contributed by atoms with Crippen LogP contribution >= 0.6 is 11.8 Å². The molecule has 2 aliphatic rings. The Hall–Kier alpha value is -1.24. The highest BCUT2D eigenvalue weighted by atomic mass is 32.2. The van der Waals surface area contributed by atoms with Crippen molar-refractivity contribution in [3.05, 3.63) is 0 Å². The van der Waals surface area contributed by atoms with Crippen molar-refractivity contribution in [2.75, 3.05) is 5.75 Å². The van der Waals surface area contributed by atoms with E-state index in [-0.39, 0.29) is 23.0 Å². The molecule has 0 spiro atoms. The predicted molar refractivity (Wildman–Crippen MR) is 71.2 cm³/mol. The lowest BCUT2D eigenvalue weighted by molar-refractivity contribution is -0.128. The lowest BCUT2D eigenvalue weighted by atomic mass is 9.88. The first-order valence-corrected chi connectivity index (χ1v) is 7.38. The van der Waals surface area contributed by atoms with Gasteiger partial charge in [-0.3, -0.25) is 9.59 Å². The van der Waals surface area contributed by atoms with Gasteiger partial charge in [-0.2, -0.15) is 0 Å². The number of rotatable bonds is 2. The first-order valence-electron chi connectivity index (χ1n) is 6.39. The van der Waals surface area contributed by atoms with E-state index in [0.29, 0.717) is 0 Å². The van der Waals surface area contributed by atoms with Gasteiger partial charge in [-0.15, -0.1) is 0 Å². The number of thioether (sulfide) groups is 1. The Labute approximate surface area is 115 Å². The van der Waals surface area contributed by atoms with Crippen molar-refractivity contribution in [2.24, 2.45) is 5.92 Å². The number of carboxylic acid groups (broad SMARTS) is 2. The van der Waals surface area contributed by atoms with Gasteiger partial charge >= 0.3 is 6.16 Å². The maximum absolute atomic E-state index is 11.8. The van der Waals surface area contributed by atoms with Crippen LogP contribution in [0.1, 0.15) is 38.5 Å². The molecule has 7 heteroatoms. The summed E-state index contributed by atoms with van der Waals surface area (Å²) in [6.45, 7) is 0. The molecule has 19 heavy (non-hydrogen) atoms. The van der Waals surface area contributed by atoms with E-state index < -0.39 is 6.16 Å². The van der Waals surface area contributed by atoms with Crippen LogP contribution < -0.4 is 5.32 Å². The van der Waals surface area contributed by atoms with Crippen molar-refractivity contribution in [1.82, 2.24) is 5.32 Å². The van der Waals surface area contributed by atoms with Crippen LogP contribution in [0.3, 0.4) is 0 Å². The Kier molecular flexibility index (Phi) is 6.69. The topological polar surface area (TPSA) is 104 Å². The number of nitrogens with one attached hydrogen (secondary N) is 1. The largest absolute Gasteiger partial charge is 0.503 e. The molecule has 6 nitrogen and oxygen atoms in total. The summed E-state index contributed by atoms with van der Waals surface area (Å²) < 4.78 is 0. The molecule has 0 aromatic rings. The van der Waals surface area contributed by atoms with Crippen molar-refractivity contribution in [1.29, 1.82) is 0 Å². The summed E-state index contributed by atoms with van der Waals surface area (Å²) in [5.41, 5.74) is 0. The van der Waals surface area contributed by atoms with Crippen LogP contribution in [0.15, 0.2) is 0 Å². The minimum Gasteiger partial charge on any atom is -0.450 e. The van der Waals surface area contributed by atoms with Gasteiger partial charge in [-0.05, 0) is 19.3 Å². The molecule has 1 unspecified atom stereocenters. The Bertz CT molecular complexity index is 337. The van der Waals surface area contributed by atoms with Gasteiger partial charge in [0.2, 0.25) is 11.0 Å². The molecule has 1 atom stereocenters. The second-order valence-corrected chi connectivity index (χ2v) is 5.73. The SMILES string of the molecule is O=C(NC1CCSC1=O)C1CCCCC1.O=C(O)O. The second kappa shape index (κ2) is 8.04. The highest BCUT2D eigenvalue weighted by molar-refractivity contribution is 8.14. The third-order valence-electron chi connectivity index (χ3n) is 3.23. The van der Waals surface area contributed by atoms with Gasteiger partial charge in [-0.25, -0.2) is 4.79 Å². The van der Waals surface area contributed by atoms with E-state index in [4.69, 9.17) is 15.0 Å². The van der Waals surface area contributed by atoms with Gasteiger partial charge < -0.3 is 15.5 Å². The van der Waals surface area contributed by atoms with E-state index in [9.17, 15) is 9.59 Å². The molecule has 1 saturated heterocycles. The predicted octanol–water partition coefficient (Wildman–Crippen LogP) is 1.94. The molecule has 108 valence electrons. The van der Waals surface area contributed by atoms with Crippen molar-refractivity contribution < 1.29 is 24.6 Å². The Morgan fingerprint density at radius 1 is 1.11 bits per heavy atom. The highest BCUT2D eigenvalue weighted by Gasteiger charge is 2.29. The first-order chi connectivity index (χ1) is 9.00. The first kappa shape index (κ1) is 15.8. The number of carbonyl (C=O) groups excluding carboxylic acids is 2. The molecule has 2 rings (SSSR count). The van der Waals surface area contributed by atoms with Gasteiger partial charge in [0.25, 0.3) is 0 Å². The molecule has 3 N–H and O–H groups in total. The van der Waals surface area contributed by atoms with Gasteiger partial charge in [0, 0.05) is 11.7 Å². The van der Waals surface area contributed by atoms with E-state index in [2.05, 4.69) is 5.32 Å². The molecule has 1 amide bonds. The molecule has 1 saturated carbocycles. The fourth-order valence-corrected chi connectivity index (χ4v) is 3.21. The minimum absolute atomic E-state index is 0.107. The van der Waals surface area contributed by atoms with Crippen molar-refractivity contribution in [3.63, 3.8) is 0 Å². The third kappa shape index (κ3) is 5.96. The summed E-state index contributed by atoms with van der Waals surface area (Å²) in [5, 5.41) is 17.0. The fourth-order valence-electron chi connectivity index (χ4n) is 2.28. The summed E-state index contributed by atoms with van der Waals surface area (Å²) in [4.78, 5) is 31.7. The maximum atomic E-state index is 11.8. The summed E-state index contributed by atoms with van der Waals surface area (Å²) >= 11 is 1.34. The summed E-state index contributed by atoms with van der Waals surface area (Å²) in [7, 11) is 0. The molecular formula is C12H19NO5S. The second-order valence-electron chi connectivity index (χ2n) is 4.63. The third-order valence-corrected chi connectivity index (χ3v) is 4.24. The van der Waals surface area contributed by atoms with Crippen LogP contribution in [0.25, 0.3) is 0 Å². The van der Waals surface area contributed by atoms with Gasteiger partial charge in [-0.1, -0.05) is 31.0 Å². The summed E-state index contributed by atoms with van der Waals surface area (Å²) in [5.74, 6) is 1.13. The monoisotopic (exact) mass is 289 g/mol. The Morgan fingerprint density at radius 2 is 1.68 bits per heavy atom. The molecule has 1 aliphatic carbocycles. The Balaban J connectivity index is 0.000000399. The summed E-state index contributed by atoms with van der Waals surface area (Å²) in [6.07, 6.45) is 4.54. The number of hydrogen-bond donors (Lipinski definition) is 3. The summed E-state index contributed by atoms with van der Waals surface area (Å²) in [6, 6.07) is -0.204. The number of amides is 1. The van der Waals surface area contributed by atoms with E-state index in [0.717, 1.165) is 37.9 Å². The number of carbonyl (C=O) groups is 3. The zero-order valence-corrected chi connectivity index (χ0v) is 11.4. The zero-order chi connectivity index (χ0) is 14.3. The van der Waals surface area contributed by atoms with Crippen molar-refractivity contribution >= 4 is 28.9 Å². The highest BCUT2D eigenvalue weighted by Crippen LogP contribution is 2.25. The smallest absolute Gasteiger partial charge is 0.450 e. The van der Waals surface area contributed by atoms with Crippen LogP contribution in [0.2, 0.25) is 0 Å². The van der Waals surface area contributed by atoms with E-state index >= 15 is 0 Å². The van der Waals surface area contributed by atoms with Gasteiger partial charge in [0.1, 0.15) is 0 Å². The van der Waals surface area contributed by atoms with Gasteiger partial charge in [0.15, 0.2) is 0 Å². The molecule has 1 heterocycles. The Morgan fingerprint density at radius 3 is 2.16 bits per heavy atom. The van der Waals surface area contributed by atoms with Crippen LogP contribution in [-0.2, 0) is 9.59 Å². The molecule has 0 radical (unpaired) electrons. The van der Waals surface area contributed by atoms with Crippen molar-refractivity contribution in [3.8, 4) is 0 Å². The molecule has 1 aliphatic heterocycles. The quantitative estimate of drug-likeness (QED) is 0.717. The van der Waals surface area contributed by atoms with Crippen LogP contribution in [0.5, 0.6) is 0 Å². The maximum Gasteiger partial charge on any atom is 0.503 e. The lowest BCUT2D eigenvalue weighted by Crippen LogP contribution is -2.41. The minimum atomic E-state index is -1.83. The lowest BCUT2D eigenvalue weighted by Gasteiger charge is -2.22. The molecular weight excluding hydrogens is 270 g/mol. The molecule has 0 bridgehead atoms. The van der Waals surface area contributed by atoms with Crippen LogP contribution in [-0.4, -0.2) is 39.2 Å². The van der Waals surface area contributed by atoms with Crippen LogP contribution in [0, 0.1) is 5.92 Å². The molecule has 0 aromatic heterocycles. The van der Waals surface area contributed by atoms with E-state index in [1.54, 1.807) is 0 Å². The zero-order valence-electron chi connectivity index (χ0n) is 10.6. The average molecular weight is 289 g/mol. The van der Waals surface area contributed by atoms with Crippen LogP contribution in [0.4, 0.5) is 4.79 Å².